The molecule has 0 radical (unpaired) electrons. The van der Waals surface area contributed by atoms with Crippen molar-refractivity contribution in [2.24, 2.45) is 0 Å². The van der Waals surface area contributed by atoms with E-state index >= 15 is 0 Å². The standard InChI is InChI=1S/C22H15BrCl4N2O3/c1-10-7-17(28-22(31)29-21(30)12-5-3-4-6-14(12)24)11(2)19(27)20(10)32-18-9-16(26)15(25)8-13(18)23/h3-9H,1-2H3,(H2,28,29,30,31). The molecule has 10 heteroatoms. The first-order valence-electron chi connectivity index (χ1n) is 9.07. The van der Waals surface area contributed by atoms with Crippen molar-refractivity contribution < 1.29 is 14.3 Å². The van der Waals surface area contributed by atoms with Crippen LogP contribution < -0.4 is 15.4 Å². The number of hydrogen-bond donors (Lipinski definition) is 2. The van der Waals surface area contributed by atoms with Crippen molar-refractivity contribution in [3.8, 4) is 11.5 Å². The second-order valence-electron chi connectivity index (χ2n) is 6.70. The van der Waals surface area contributed by atoms with Gasteiger partial charge >= 0.3 is 6.03 Å². The van der Waals surface area contributed by atoms with Gasteiger partial charge in [-0.3, -0.25) is 10.1 Å². The minimum absolute atomic E-state index is 0.186. The number of anilines is 1. The molecule has 0 heterocycles. The lowest BCUT2D eigenvalue weighted by Gasteiger charge is -2.17. The second kappa shape index (κ2) is 10.3. The van der Waals surface area contributed by atoms with Crippen LogP contribution in [0.4, 0.5) is 10.5 Å². The number of imide groups is 1. The maximum absolute atomic E-state index is 12.4. The maximum Gasteiger partial charge on any atom is 0.326 e. The van der Waals surface area contributed by atoms with E-state index in [1.165, 1.54) is 6.07 Å². The van der Waals surface area contributed by atoms with E-state index in [1.807, 2.05) is 0 Å². The van der Waals surface area contributed by atoms with Crippen molar-refractivity contribution in [3.05, 3.63) is 83.7 Å². The average molecular weight is 577 g/mol. The van der Waals surface area contributed by atoms with Crippen LogP contribution in [0.5, 0.6) is 11.5 Å². The van der Waals surface area contributed by atoms with Crippen molar-refractivity contribution in [2.75, 3.05) is 5.32 Å². The van der Waals surface area contributed by atoms with Gasteiger partial charge in [-0.05, 0) is 65.2 Å². The number of amides is 3. The van der Waals surface area contributed by atoms with Crippen LogP contribution in [0, 0.1) is 13.8 Å². The van der Waals surface area contributed by atoms with E-state index in [9.17, 15) is 9.59 Å². The zero-order chi connectivity index (χ0) is 23.6. The molecule has 0 saturated heterocycles. The zero-order valence-corrected chi connectivity index (χ0v) is 21.3. The van der Waals surface area contributed by atoms with E-state index in [4.69, 9.17) is 51.1 Å². The summed E-state index contributed by atoms with van der Waals surface area (Å²) >= 11 is 28.0. The third-order valence-corrected chi connectivity index (χ3v) is 6.56. The summed E-state index contributed by atoms with van der Waals surface area (Å²) in [5.74, 6) is 0.187. The smallest absolute Gasteiger partial charge is 0.326 e. The third kappa shape index (κ3) is 5.50. The fourth-order valence-corrected chi connectivity index (χ4v) is 4.15. The number of carbonyl (C=O) groups excluding carboxylic acids is 2. The first-order valence-corrected chi connectivity index (χ1v) is 11.4. The lowest BCUT2D eigenvalue weighted by molar-refractivity contribution is 0.0967. The molecule has 0 aliphatic rings. The third-order valence-electron chi connectivity index (χ3n) is 4.43. The van der Waals surface area contributed by atoms with E-state index in [0.717, 1.165) is 0 Å². The highest BCUT2D eigenvalue weighted by molar-refractivity contribution is 9.10. The highest BCUT2D eigenvalue weighted by atomic mass is 79.9. The maximum atomic E-state index is 12.4. The Morgan fingerprint density at radius 1 is 0.938 bits per heavy atom. The molecule has 0 saturated carbocycles. The van der Waals surface area contributed by atoms with Crippen LogP contribution in [-0.4, -0.2) is 11.9 Å². The van der Waals surface area contributed by atoms with Gasteiger partial charge in [0.2, 0.25) is 0 Å². The summed E-state index contributed by atoms with van der Waals surface area (Å²) < 4.78 is 6.56. The predicted molar refractivity (Wildman–Crippen MR) is 133 cm³/mol. The summed E-state index contributed by atoms with van der Waals surface area (Å²) in [7, 11) is 0. The van der Waals surface area contributed by atoms with E-state index in [0.29, 0.717) is 42.8 Å². The molecule has 0 bridgehead atoms. The average Bonchev–Trinajstić information content (AvgIpc) is 2.73. The molecule has 3 rings (SSSR count). The number of aryl methyl sites for hydroxylation is 1. The molecule has 0 unspecified atom stereocenters. The molecule has 2 N–H and O–H groups in total. The van der Waals surface area contributed by atoms with Gasteiger partial charge in [-0.25, -0.2) is 4.79 Å². The molecule has 3 amide bonds. The highest BCUT2D eigenvalue weighted by Gasteiger charge is 2.19. The van der Waals surface area contributed by atoms with Crippen molar-refractivity contribution in [1.82, 2.24) is 5.32 Å². The topological polar surface area (TPSA) is 67.4 Å². The fraction of sp³-hybridized carbons (Fsp3) is 0.0909. The van der Waals surface area contributed by atoms with Crippen LogP contribution in [0.25, 0.3) is 0 Å². The number of rotatable bonds is 4. The van der Waals surface area contributed by atoms with Gasteiger partial charge in [-0.15, -0.1) is 0 Å². The van der Waals surface area contributed by atoms with Crippen molar-refractivity contribution in [1.29, 1.82) is 0 Å². The summed E-state index contributed by atoms with van der Waals surface area (Å²) in [5, 5.41) is 6.10. The SMILES string of the molecule is Cc1cc(NC(=O)NC(=O)c2ccccc2Cl)c(C)c(Cl)c1Oc1cc(Cl)c(Cl)cc1Br. The van der Waals surface area contributed by atoms with E-state index in [-0.39, 0.29) is 15.6 Å². The van der Waals surface area contributed by atoms with Gasteiger partial charge in [0, 0.05) is 11.8 Å². The number of urea groups is 1. The first-order chi connectivity index (χ1) is 15.1. The van der Waals surface area contributed by atoms with Gasteiger partial charge in [-0.2, -0.15) is 0 Å². The summed E-state index contributed by atoms with van der Waals surface area (Å²) in [6, 6.07) is 10.6. The Hall–Kier alpha value is -1.96. The van der Waals surface area contributed by atoms with Crippen LogP contribution >= 0.6 is 62.3 Å². The number of benzene rings is 3. The number of nitrogens with one attached hydrogen (secondary N) is 2. The Morgan fingerprint density at radius 2 is 1.59 bits per heavy atom. The highest BCUT2D eigenvalue weighted by Crippen LogP contribution is 2.42. The van der Waals surface area contributed by atoms with Gasteiger partial charge in [0.25, 0.3) is 5.91 Å². The van der Waals surface area contributed by atoms with Gasteiger partial charge in [0.05, 0.1) is 30.1 Å². The number of halogens is 5. The predicted octanol–water partition coefficient (Wildman–Crippen LogP) is 8.43. The molecule has 0 aromatic heterocycles. The van der Waals surface area contributed by atoms with Crippen molar-refractivity contribution in [3.63, 3.8) is 0 Å². The largest absolute Gasteiger partial charge is 0.454 e. The molecule has 3 aromatic rings. The molecule has 0 aliphatic heterocycles. The number of ether oxygens (including phenoxy) is 1. The van der Waals surface area contributed by atoms with Crippen LogP contribution in [0.3, 0.4) is 0 Å². The Morgan fingerprint density at radius 3 is 2.28 bits per heavy atom. The first kappa shape index (κ1) is 24.7. The molecule has 0 aliphatic carbocycles. The molecule has 3 aromatic carbocycles. The molecular formula is C22H15BrCl4N2O3. The Labute approximate surface area is 213 Å². The Balaban J connectivity index is 1.81. The van der Waals surface area contributed by atoms with Crippen LogP contribution in [0.2, 0.25) is 20.1 Å². The summed E-state index contributed by atoms with van der Waals surface area (Å²) in [4.78, 5) is 24.7. The number of carbonyl (C=O) groups is 2. The van der Waals surface area contributed by atoms with E-state index in [2.05, 4.69) is 26.6 Å². The minimum Gasteiger partial charge on any atom is -0.454 e. The van der Waals surface area contributed by atoms with Crippen molar-refractivity contribution in [2.45, 2.75) is 13.8 Å². The van der Waals surface area contributed by atoms with E-state index in [1.54, 1.807) is 50.2 Å². The van der Waals surface area contributed by atoms with Crippen LogP contribution in [-0.2, 0) is 0 Å². The summed E-state index contributed by atoms with van der Waals surface area (Å²) in [6.45, 7) is 3.48. The molecule has 0 spiro atoms. The van der Waals surface area contributed by atoms with Gasteiger partial charge in [0.1, 0.15) is 11.5 Å². The molecule has 32 heavy (non-hydrogen) atoms. The quantitative estimate of drug-likeness (QED) is 0.306. The lowest BCUT2D eigenvalue weighted by Crippen LogP contribution is -2.34. The fourth-order valence-electron chi connectivity index (χ4n) is 2.77. The monoisotopic (exact) mass is 574 g/mol. The van der Waals surface area contributed by atoms with Gasteiger partial charge in [-0.1, -0.05) is 58.5 Å². The van der Waals surface area contributed by atoms with Gasteiger partial charge < -0.3 is 10.1 Å². The van der Waals surface area contributed by atoms with Crippen LogP contribution in [0.15, 0.2) is 46.9 Å². The zero-order valence-electron chi connectivity index (χ0n) is 16.7. The van der Waals surface area contributed by atoms with Crippen LogP contribution in [0.1, 0.15) is 21.5 Å². The lowest BCUT2D eigenvalue weighted by atomic mass is 10.1. The molecule has 166 valence electrons. The Kier molecular flexibility index (Phi) is 7.96. The normalized spacial score (nSPS) is 10.6. The van der Waals surface area contributed by atoms with Gasteiger partial charge in [0.15, 0.2) is 0 Å². The molecule has 5 nitrogen and oxygen atoms in total. The summed E-state index contributed by atoms with van der Waals surface area (Å²) in [6.07, 6.45) is 0. The number of hydrogen-bond acceptors (Lipinski definition) is 3. The minimum atomic E-state index is -0.727. The molecule has 0 atom stereocenters. The molecular weight excluding hydrogens is 562 g/mol. The second-order valence-corrected chi connectivity index (χ2v) is 9.15. The Bertz CT molecular complexity index is 1230. The summed E-state index contributed by atoms with van der Waals surface area (Å²) in [5.41, 5.74) is 1.79. The van der Waals surface area contributed by atoms with E-state index < -0.39 is 11.9 Å². The van der Waals surface area contributed by atoms with Crippen molar-refractivity contribution >= 4 is 80.0 Å². The molecule has 0 fully saturated rings.